The zero-order valence-corrected chi connectivity index (χ0v) is 15.2. The summed E-state index contributed by atoms with van der Waals surface area (Å²) in [6.45, 7) is 0.892. The second-order valence-corrected chi connectivity index (χ2v) is 6.63. The van der Waals surface area contributed by atoms with Crippen LogP contribution in [-0.4, -0.2) is 32.1 Å². The largest absolute Gasteiger partial charge is 0.492 e. The Morgan fingerprint density at radius 3 is 2.73 bits per heavy atom. The minimum atomic E-state index is -0.359. The first-order valence-corrected chi connectivity index (χ1v) is 8.81. The Hall–Kier alpha value is -2.53. The van der Waals surface area contributed by atoms with Gasteiger partial charge in [-0.25, -0.2) is 4.79 Å². The normalized spacial score (nSPS) is 15.5. The van der Waals surface area contributed by atoms with E-state index in [1.54, 1.807) is 18.2 Å². The summed E-state index contributed by atoms with van der Waals surface area (Å²) in [4.78, 5) is 23.8. The predicted molar refractivity (Wildman–Crippen MR) is 98.6 cm³/mol. The number of carbonyl (C=O) groups is 2. The zero-order valence-electron chi connectivity index (χ0n) is 14.5. The summed E-state index contributed by atoms with van der Waals surface area (Å²) >= 11 is 6.01. The molecule has 1 atom stereocenters. The van der Waals surface area contributed by atoms with Crippen LogP contribution in [0.3, 0.4) is 0 Å². The van der Waals surface area contributed by atoms with E-state index in [0.29, 0.717) is 36.6 Å². The van der Waals surface area contributed by atoms with Crippen molar-refractivity contribution in [3.63, 3.8) is 0 Å². The second-order valence-electron chi connectivity index (χ2n) is 6.19. The van der Waals surface area contributed by atoms with Gasteiger partial charge in [0, 0.05) is 11.6 Å². The highest BCUT2D eigenvalue weighted by atomic mass is 35.5. The third-order valence-electron chi connectivity index (χ3n) is 4.39. The molecule has 1 aliphatic rings. The first-order valence-electron chi connectivity index (χ1n) is 8.43. The Balaban J connectivity index is 1.49. The van der Waals surface area contributed by atoms with Crippen LogP contribution in [0.4, 0.5) is 0 Å². The van der Waals surface area contributed by atoms with E-state index in [2.05, 4.69) is 10.1 Å². The molecule has 26 heavy (non-hydrogen) atoms. The number of amides is 1. The third-order valence-corrected chi connectivity index (χ3v) is 4.62. The molecule has 0 radical (unpaired) electrons. The SMILES string of the molecule is COC(=O)c1ccc(CCNC(=O)C2COc3ccc(Cl)cc3C2)cc1. The van der Waals surface area contributed by atoms with Gasteiger partial charge in [-0.2, -0.15) is 0 Å². The molecule has 2 aromatic carbocycles. The number of esters is 1. The Morgan fingerprint density at radius 1 is 1.23 bits per heavy atom. The predicted octanol–water partition coefficient (Wildman–Crippen LogP) is 3.04. The van der Waals surface area contributed by atoms with Crippen molar-refractivity contribution in [3.8, 4) is 5.75 Å². The lowest BCUT2D eigenvalue weighted by molar-refractivity contribution is -0.126. The molecule has 0 aromatic heterocycles. The van der Waals surface area contributed by atoms with Crippen molar-refractivity contribution in [2.24, 2.45) is 5.92 Å². The molecule has 6 heteroatoms. The molecule has 1 unspecified atom stereocenters. The number of ether oxygens (including phenoxy) is 2. The van der Waals surface area contributed by atoms with Crippen LogP contribution in [0.1, 0.15) is 21.5 Å². The minimum Gasteiger partial charge on any atom is -0.492 e. The number of hydrogen-bond acceptors (Lipinski definition) is 4. The maximum atomic E-state index is 12.4. The van der Waals surface area contributed by atoms with Crippen LogP contribution >= 0.6 is 11.6 Å². The van der Waals surface area contributed by atoms with Gasteiger partial charge in [0.2, 0.25) is 5.91 Å². The highest BCUT2D eigenvalue weighted by Gasteiger charge is 2.25. The van der Waals surface area contributed by atoms with E-state index in [1.165, 1.54) is 7.11 Å². The van der Waals surface area contributed by atoms with Crippen molar-refractivity contribution in [2.75, 3.05) is 20.3 Å². The number of methoxy groups -OCH3 is 1. The van der Waals surface area contributed by atoms with Crippen LogP contribution < -0.4 is 10.1 Å². The summed E-state index contributed by atoms with van der Waals surface area (Å²) in [7, 11) is 1.35. The first-order chi connectivity index (χ1) is 12.6. The maximum absolute atomic E-state index is 12.4. The fraction of sp³-hybridized carbons (Fsp3) is 0.300. The summed E-state index contributed by atoms with van der Waals surface area (Å²) in [5.41, 5.74) is 2.51. The molecule has 1 amide bonds. The molecule has 5 nitrogen and oxygen atoms in total. The number of hydrogen-bond donors (Lipinski definition) is 1. The Bertz CT molecular complexity index is 804. The van der Waals surface area contributed by atoms with Crippen molar-refractivity contribution in [2.45, 2.75) is 12.8 Å². The van der Waals surface area contributed by atoms with Crippen molar-refractivity contribution >= 4 is 23.5 Å². The van der Waals surface area contributed by atoms with E-state index in [-0.39, 0.29) is 17.8 Å². The van der Waals surface area contributed by atoms with Crippen LogP contribution in [0.2, 0.25) is 5.02 Å². The molecule has 136 valence electrons. The molecular weight excluding hydrogens is 354 g/mol. The fourth-order valence-corrected chi connectivity index (χ4v) is 3.13. The van der Waals surface area contributed by atoms with E-state index in [1.807, 2.05) is 24.3 Å². The minimum absolute atomic E-state index is 0.0261. The van der Waals surface area contributed by atoms with Gasteiger partial charge >= 0.3 is 5.97 Å². The van der Waals surface area contributed by atoms with Crippen LogP contribution in [0, 0.1) is 5.92 Å². The molecule has 0 bridgehead atoms. The Labute approximate surface area is 157 Å². The lowest BCUT2D eigenvalue weighted by Gasteiger charge is -2.24. The second kappa shape index (κ2) is 8.23. The molecular formula is C20H20ClNO4. The molecule has 0 fully saturated rings. The van der Waals surface area contributed by atoms with Gasteiger partial charge in [-0.3, -0.25) is 4.79 Å². The number of fused-ring (bicyclic) bond motifs is 1. The van der Waals surface area contributed by atoms with Gasteiger partial charge in [0.15, 0.2) is 0 Å². The molecule has 0 saturated carbocycles. The molecule has 1 heterocycles. The lowest BCUT2D eigenvalue weighted by Crippen LogP contribution is -2.38. The van der Waals surface area contributed by atoms with Crippen molar-refractivity contribution in [3.05, 3.63) is 64.2 Å². The standard InChI is InChI=1S/C20H20ClNO4/c1-25-20(24)14-4-2-13(3-5-14)8-9-22-19(23)16-10-15-11-17(21)6-7-18(15)26-12-16/h2-7,11,16H,8-10,12H2,1H3,(H,22,23). The zero-order chi connectivity index (χ0) is 18.5. The third kappa shape index (κ3) is 4.35. The Kier molecular flexibility index (Phi) is 5.78. The summed E-state index contributed by atoms with van der Waals surface area (Å²) in [5.74, 6) is 0.191. The van der Waals surface area contributed by atoms with Crippen LogP contribution in [0.5, 0.6) is 5.75 Å². The Morgan fingerprint density at radius 2 is 2.00 bits per heavy atom. The molecule has 3 rings (SSSR count). The van der Waals surface area contributed by atoms with Gasteiger partial charge in [-0.1, -0.05) is 23.7 Å². The highest BCUT2D eigenvalue weighted by Crippen LogP contribution is 2.29. The molecule has 0 aliphatic carbocycles. The van der Waals surface area contributed by atoms with E-state index in [4.69, 9.17) is 16.3 Å². The van der Waals surface area contributed by atoms with E-state index >= 15 is 0 Å². The van der Waals surface area contributed by atoms with Gasteiger partial charge < -0.3 is 14.8 Å². The smallest absolute Gasteiger partial charge is 0.337 e. The first kappa shape index (κ1) is 18.3. The van der Waals surface area contributed by atoms with Gasteiger partial charge in [0.05, 0.1) is 18.6 Å². The van der Waals surface area contributed by atoms with E-state index in [9.17, 15) is 9.59 Å². The average molecular weight is 374 g/mol. The molecule has 2 aromatic rings. The van der Waals surface area contributed by atoms with Gasteiger partial charge in [0.25, 0.3) is 0 Å². The summed E-state index contributed by atoms with van der Waals surface area (Å²) < 4.78 is 10.3. The van der Waals surface area contributed by atoms with Crippen molar-refractivity contribution < 1.29 is 19.1 Å². The average Bonchev–Trinajstić information content (AvgIpc) is 2.67. The molecule has 0 saturated heterocycles. The quantitative estimate of drug-likeness (QED) is 0.818. The van der Waals surface area contributed by atoms with Gasteiger partial charge in [-0.15, -0.1) is 0 Å². The number of carbonyl (C=O) groups excluding carboxylic acids is 2. The molecule has 1 N–H and O–H groups in total. The number of nitrogens with one attached hydrogen (secondary N) is 1. The van der Waals surface area contributed by atoms with Crippen LogP contribution in [-0.2, 0) is 22.4 Å². The van der Waals surface area contributed by atoms with Crippen LogP contribution in [0.25, 0.3) is 0 Å². The van der Waals surface area contributed by atoms with Crippen molar-refractivity contribution in [1.29, 1.82) is 0 Å². The van der Waals surface area contributed by atoms with Crippen molar-refractivity contribution in [1.82, 2.24) is 5.32 Å². The summed E-state index contributed by atoms with van der Waals surface area (Å²) in [6.07, 6.45) is 1.30. The van der Waals surface area contributed by atoms with Gasteiger partial charge in [-0.05, 0) is 54.3 Å². The lowest BCUT2D eigenvalue weighted by atomic mass is 9.96. The highest BCUT2D eigenvalue weighted by molar-refractivity contribution is 6.30. The topological polar surface area (TPSA) is 64.6 Å². The molecule has 0 spiro atoms. The number of benzene rings is 2. The van der Waals surface area contributed by atoms with Crippen LogP contribution in [0.15, 0.2) is 42.5 Å². The van der Waals surface area contributed by atoms with Gasteiger partial charge in [0.1, 0.15) is 12.4 Å². The van der Waals surface area contributed by atoms with E-state index < -0.39 is 0 Å². The number of rotatable bonds is 5. The maximum Gasteiger partial charge on any atom is 0.337 e. The van der Waals surface area contributed by atoms with E-state index in [0.717, 1.165) is 16.9 Å². The fourth-order valence-electron chi connectivity index (χ4n) is 2.93. The summed E-state index contributed by atoms with van der Waals surface area (Å²) in [6, 6.07) is 12.6. The monoisotopic (exact) mass is 373 g/mol. The summed E-state index contributed by atoms with van der Waals surface area (Å²) in [5, 5.41) is 3.59. The number of halogens is 1. The molecule has 1 aliphatic heterocycles.